The van der Waals surface area contributed by atoms with E-state index >= 15 is 0 Å². The van der Waals surface area contributed by atoms with Crippen molar-refractivity contribution < 1.29 is 4.79 Å². The molecule has 21 heavy (non-hydrogen) atoms. The fraction of sp³-hybridized carbons (Fsp3) is 0.357. The Balaban J connectivity index is 0.00000220. The SMILES string of the molecule is Cl.Cn1cnc(CCNC(=O)C(N)Cc2ccccc2)n1. The van der Waals surface area contributed by atoms with Crippen molar-refractivity contribution in [2.24, 2.45) is 12.8 Å². The zero-order valence-corrected chi connectivity index (χ0v) is 12.7. The summed E-state index contributed by atoms with van der Waals surface area (Å²) in [5, 5.41) is 6.95. The molecule has 0 aliphatic carbocycles. The monoisotopic (exact) mass is 309 g/mol. The number of carbonyl (C=O) groups excluding carboxylic acids is 1. The van der Waals surface area contributed by atoms with Crippen LogP contribution in [-0.2, 0) is 24.7 Å². The number of hydrogen-bond acceptors (Lipinski definition) is 4. The molecule has 2 aromatic rings. The van der Waals surface area contributed by atoms with Crippen molar-refractivity contribution in [3.05, 3.63) is 48.0 Å². The van der Waals surface area contributed by atoms with Gasteiger partial charge in [0.15, 0.2) is 5.82 Å². The van der Waals surface area contributed by atoms with Crippen molar-refractivity contribution in [2.45, 2.75) is 18.9 Å². The largest absolute Gasteiger partial charge is 0.354 e. The van der Waals surface area contributed by atoms with E-state index in [2.05, 4.69) is 15.4 Å². The molecule has 0 saturated carbocycles. The van der Waals surface area contributed by atoms with E-state index in [-0.39, 0.29) is 18.3 Å². The summed E-state index contributed by atoms with van der Waals surface area (Å²) in [6.07, 6.45) is 2.78. The standard InChI is InChI=1S/C14H19N5O.ClH/c1-19-10-17-13(18-19)7-8-16-14(20)12(15)9-11-5-3-2-4-6-11;/h2-6,10,12H,7-9,15H2,1H3,(H,16,20);1H. The molecule has 1 heterocycles. The highest BCUT2D eigenvalue weighted by Crippen LogP contribution is 2.01. The molecule has 3 N–H and O–H groups in total. The minimum Gasteiger partial charge on any atom is -0.354 e. The minimum absolute atomic E-state index is 0. The lowest BCUT2D eigenvalue weighted by molar-refractivity contribution is -0.122. The molecular weight excluding hydrogens is 290 g/mol. The lowest BCUT2D eigenvalue weighted by Gasteiger charge is -2.11. The molecule has 1 amide bonds. The highest BCUT2D eigenvalue weighted by atomic mass is 35.5. The molecule has 0 radical (unpaired) electrons. The number of nitrogens with one attached hydrogen (secondary N) is 1. The maximum absolute atomic E-state index is 11.9. The second kappa shape index (κ2) is 8.39. The average Bonchev–Trinajstić information content (AvgIpc) is 2.85. The fourth-order valence-corrected chi connectivity index (χ4v) is 1.89. The van der Waals surface area contributed by atoms with Crippen molar-refractivity contribution in [2.75, 3.05) is 6.54 Å². The molecule has 1 aromatic carbocycles. The van der Waals surface area contributed by atoms with Gasteiger partial charge >= 0.3 is 0 Å². The first kappa shape index (κ1) is 17.1. The molecule has 1 atom stereocenters. The predicted octanol–water partition coefficient (Wildman–Crippen LogP) is 0.466. The van der Waals surface area contributed by atoms with Gasteiger partial charge < -0.3 is 11.1 Å². The van der Waals surface area contributed by atoms with Crippen molar-refractivity contribution in [3.8, 4) is 0 Å². The van der Waals surface area contributed by atoms with Crippen LogP contribution in [0.1, 0.15) is 11.4 Å². The minimum atomic E-state index is -0.533. The van der Waals surface area contributed by atoms with E-state index in [9.17, 15) is 4.79 Å². The highest BCUT2D eigenvalue weighted by Gasteiger charge is 2.13. The number of benzene rings is 1. The van der Waals surface area contributed by atoms with Crippen LogP contribution in [0.2, 0.25) is 0 Å². The summed E-state index contributed by atoms with van der Waals surface area (Å²) >= 11 is 0. The summed E-state index contributed by atoms with van der Waals surface area (Å²) in [7, 11) is 1.81. The number of carbonyl (C=O) groups is 1. The lowest BCUT2D eigenvalue weighted by atomic mass is 10.1. The van der Waals surface area contributed by atoms with Crippen LogP contribution in [0, 0.1) is 0 Å². The molecule has 0 fully saturated rings. The third-order valence-electron chi connectivity index (χ3n) is 2.93. The quantitative estimate of drug-likeness (QED) is 0.812. The smallest absolute Gasteiger partial charge is 0.237 e. The van der Waals surface area contributed by atoms with Crippen LogP contribution in [-0.4, -0.2) is 33.3 Å². The summed E-state index contributed by atoms with van der Waals surface area (Å²) in [4.78, 5) is 16.0. The van der Waals surface area contributed by atoms with Gasteiger partial charge in [-0.25, -0.2) is 4.98 Å². The number of aryl methyl sites for hydroxylation is 1. The molecule has 2 rings (SSSR count). The van der Waals surface area contributed by atoms with E-state index in [0.717, 1.165) is 5.56 Å². The van der Waals surface area contributed by atoms with Crippen LogP contribution in [0.5, 0.6) is 0 Å². The zero-order chi connectivity index (χ0) is 14.4. The van der Waals surface area contributed by atoms with Crippen molar-refractivity contribution in [1.82, 2.24) is 20.1 Å². The second-order valence-corrected chi connectivity index (χ2v) is 4.67. The zero-order valence-electron chi connectivity index (χ0n) is 11.9. The molecule has 7 heteroatoms. The van der Waals surface area contributed by atoms with E-state index in [1.54, 1.807) is 11.0 Å². The Morgan fingerprint density at radius 1 is 1.38 bits per heavy atom. The van der Waals surface area contributed by atoms with Gasteiger partial charge in [0.05, 0.1) is 6.04 Å². The molecule has 0 spiro atoms. The van der Waals surface area contributed by atoms with E-state index in [4.69, 9.17) is 5.73 Å². The summed E-state index contributed by atoms with van der Waals surface area (Å²) < 4.78 is 1.64. The normalized spacial score (nSPS) is 11.5. The van der Waals surface area contributed by atoms with Gasteiger partial charge in [-0.3, -0.25) is 9.48 Å². The molecule has 0 aliphatic rings. The van der Waals surface area contributed by atoms with Gasteiger partial charge in [-0.1, -0.05) is 30.3 Å². The average molecular weight is 310 g/mol. The van der Waals surface area contributed by atoms with Gasteiger partial charge in [0, 0.05) is 20.0 Å². The fourth-order valence-electron chi connectivity index (χ4n) is 1.89. The Morgan fingerprint density at radius 2 is 2.10 bits per heavy atom. The summed E-state index contributed by atoms with van der Waals surface area (Å²) in [6.45, 7) is 0.491. The van der Waals surface area contributed by atoms with Gasteiger partial charge in [0.2, 0.25) is 5.91 Å². The molecule has 1 aromatic heterocycles. The van der Waals surface area contributed by atoms with Gasteiger partial charge in [0.25, 0.3) is 0 Å². The molecule has 1 unspecified atom stereocenters. The summed E-state index contributed by atoms with van der Waals surface area (Å²) in [6, 6.07) is 9.21. The van der Waals surface area contributed by atoms with Crippen LogP contribution < -0.4 is 11.1 Å². The Bertz CT molecular complexity index is 558. The van der Waals surface area contributed by atoms with Crippen LogP contribution in [0.4, 0.5) is 0 Å². The highest BCUT2D eigenvalue weighted by molar-refractivity contribution is 5.85. The van der Waals surface area contributed by atoms with Crippen LogP contribution in [0.15, 0.2) is 36.7 Å². The Morgan fingerprint density at radius 3 is 2.71 bits per heavy atom. The third kappa shape index (κ3) is 5.53. The van der Waals surface area contributed by atoms with Crippen molar-refractivity contribution in [3.63, 3.8) is 0 Å². The Kier molecular flexibility index (Phi) is 6.84. The maximum atomic E-state index is 11.9. The lowest BCUT2D eigenvalue weighted by Crippen LogP contribution is -2.42. The second-order valence-electron chi connectivity index (χ2n) is 4.67. The van der Waals surface area contributed by atoms with Crippen molar-refractivity contribution >= 4 is 18.3 Å². The molecule has 0 bridgehead atoms. The van der Waals surface area contributed by atoms with Crippen LogP contribution in [0.25, 0.3) is 0 Å². The molecule has 0 saturated heterocycles. The summed E-state index contributed by atoms with van der Waals surface area (Å²) in [5.41, 5.74) is 6.94. The number of aromatic nitrogens is 3. The number of amides is 1. The first-order valence-electron chi connectivity index (χ1n) is 6.57. The van der Waals surface area contributed by atoms with Crippen LogP contribution in [0.3, 0.4) is 0 Å². The first-order valence-corrected chi connectivity index (χ1v) is 6.57. The molecule has 6 nitrogen and oxygen atoms in total. The Labute approximate surface area is 130 Å². The van der Waals surface area contributed by atoms with Gasteiger partial charge in [-0.15, -0.1) is 12.4 Å². The first-order chi connectivity index (χ1) is 9.65. The number of halogens is 1. The number of nitrogens with zero attached hydrogens (tertiary/aromatic N) is 3. The predicted molar refractivity (Wildman–Crippen MR) is 83.1 cm³/mol. The van der Waals surface area contributed by atoms with E-state index in [1.807, 2.05) is 37.4 Å². The van der Waals surface area contributed by atoms with Crippen molar-refractivity contribution in [1.29, 1.82) is 0 Å². The van der Waals surface area contributed by atoms with E-state index in [0.29, 0.717) is 25.2 Å². The van der Waals surface area contributed by atoms with Gasteiger partial charge in [-0.05, 0) is 12.0 Å². The number of rotatable bonds is 6. The third-order valence-corrected chi connectivity index (χ3v) is 2.93. The summed E-state index contributed by atoms with van der Waals surface area (Å²) in [5.74, 6) is 0.564. The van der Waals surface area contributed by atoms with E-state index in [1.165, 1.54) is 0 Å². The van der Waals surface area contributed by atoms with E-state index < -0.39 is 6.04 Å². The molecule has 114 valence electrons. The molecule has 0 aliphatic heterocycles. The van der Waals surface area contributed by atoms with Crippen LogP contribution >= 0.6 is 12.4 Å². The topological polar surface area (TPSA) is 85.8 Å². The Hall–Kier alpha value is -1.92. The van der Waals surface area contributed by atoms with Gasteiger partial charge in [0.1, 0.15) is 6.33 Å². The van der Waals surface area contributed by atoms with Gasteiger partial charge in [-0.2, -0.15) is 5.10 Å². The molecular formula is C14H20ClN5O. The maximum Gasteiger partial charge on any atom is 0.237 e. The number of nitrogens with two attached hydrogens (primary N) is 1. The number of hydrogen-bond donors (Lipinski definition) is 2.